The van der Waals surface area contributed by atoms with Crippen molar-refractivity contribution in [1.82, 2.24) is 9.78 Å². The van der Waals surface area contributed by atoms with Gasteiger partial charge in [0.15, 0.2) is 5.78 Å². The number of hydrogen-bond donors (Lipinski definition) is 0. The molecule has 0 spiro atoms. The van der Waals surface area contributed by atoms with Crippen molar-refractivity contribution in [2.75, 3.05) is 6.61 Å². The second-order valence-corrected chi connectivity index (χ2v) is 5.26. The summed E-state index contributed by atoms with van der Waals surface area (Å²) in [5.41, 5.74) is 0.0875. The van der Waals surface area contributed by atoms with Gasteiger partial charge in [-0.2, -0.15) is 5.10 Å². The molecule has 2 rings (SSSR count). The summed E-state index contributed by atoms with van der Waals surface area (Å²) in [7, 11) is 0. The maximum atomic E-state index is 12.8. The van der Waals surface area contributed by atoms with Crippen LogP contribution >= 0.6 is 0 Å². The summed E-state index contributed by atoms with van der Waals surface area (Å²) in [6.45, 7) is 5.36. The number of carbonyl (C=O) groups is 1. The lowest BCUT2D eigenvalue weighted by Gasteiger charge is -2.30. The first kappa shape index (κ1) is 14.3. The summed E-state index contributed by atoms with van der Waals surface area (Å²) in [6.07, 6.45) is 9.77. The SMILES string of the molecule is CCOC1(C(=O)c2cnn(CC)c2)CCCCCC1. The Kier molecular flexibility index (Phi) is 4.75. The van der Waals surface area contributed by atoms with E-state index in [-0.39, 0.29) is 5.78 Å². The van der Waals surface area contributed by atoms with E-state index in [2.05, 4.69) is 5.10 Å². The number of ketones is 1. The minimum atomic E-state index is -0.604. The van der Waals surface area contributed by atoms with Crippen LogP contribution in [0.1, 0.15) is 62.7 Å². The fourth-order valence-corrected chi connectivity index (χ4v) is 2.93. The van der Waals surface area contributed by atoms with E-state index in [1.165, 1.54) is 12.8 Å². The van der Waals surface area contributed by atoms with Crippen LogP contribution in [-0.4, -0.2) is 27.8 Å². The highest BCUT2D eigenvalue weighted by atomic mass is 16.5. The van der Waals surface area contributed by atoms with Crippen LogP contribution in [0.5, 0.6) is 0 Å². The predicted molar refractivity (Wildman–Crippen MR) is 74.3 cm³/mol. The van der Waals surface area contributed by atoms with Crippen LogP contribution < -0.4 is 0 Å². The standard InChI is InChI=1S/C15H24N2O2/c1-3-17-12-13(11-16-17)14(18)15(19-4-2)9-7-5-6-8-10-15/h11-12H,3-10H2,1-2H3. The lowest BCUT2D eigenvalue weighted by atomic mass is 9.86. The van der Waals surface area contributed by atoms with Gasteiger partial charge in [0.25, 0.3) is 0 Å². The average molecular weight is 264 g/mol. The average Bonchev–Trinajstić information content (AvgIpc) is 2.78. The van der Waals surface area contributed by atoms with Crippen LogP contribution in [0.4, 0.5) is 0 Å². The second kappa shape index (κ2) is 6.33. The summed E-state index contributed by atoms with van der Waals surface area (Å²) in [5, 5.41) is 4.21. The van der Waals surface area contributed by atoms with Crippen molar-refractivity contribution in [2.24, 2.45) is 0 Å². The Bertz CT molecular complexity index is 418. The van der Waals surface area contributed by atoms with E-state index in [0.717, 1.165) is 32.2 Å². The summed E-state index contributed by atoms with van der Waals surface area (Å²) in [6, 6.07) is 0. The molecule has 0 aromatic carbocycles. The molecule has 1 aliphatic rings. The fraction of sp³-hybridized carbons (Fsp3) is 0.733. The molecule has 0 aliphatic heterocycles. The number of rotatable bonds is 5. The Balaban J connectivity index is 2.23. The molecule has 0 unspecified atom stereocenters. The summed E-state index contributed by atoms with van der Waals surface area (Å²) in [4.78, 5) is 12.8. The van der Waals surface area contributed by atoms with Gasteiger partial charge in [0.05, 0.1) is 11.8 Å². The number of Topliss-reactive ketones (excluding diaryl/α,β-unsaturated/α-hetero) is 1. The second-order valence-electron chi connectivity index (χ2n) is 5.26. The van der Waals surface area contributed by atoms with E-state index in [9.17, 15) is 4.79 Å². The van der Waals surface area contributed by atoms with E-state index >= 15 is 0 Å². The molecule has 1 saturated carbocycles. The van der Waals surface area contributed by atoms with Crippen LogP contribution in [0, 0.1) is 0 Å². The fourth-order valence-electron chi connectivity index (χ4n) is 2.93. The zero-order valence-electron chi connectivity index (χ0n) is 12.0. The van der Waals surface area contributed by atoms with Gasteiger partial charge in [-0.05, 0) is 26.7 Å². The first-order valence-corrected chi connectivity index (χ1v) is 7.43. The summed E-state index contributed by atoms with van der Waals surface area (Å²) < 4.78 is 7.72. The number of hydrogen-bond acceptors (Lipinski definition) is 3. The van der Waals surface area contributed by atoms with Gasteiger partial charge in [0.1, 0.15) is 5.60 Å². The molecular weight excluding hydrogens is 240 g/mol. The Morgan fingerprint density at radius 3 is 2.53 bits per heavy atom. The van der Waals surface area contributed by atoms with Crippen LogP contribution in [0.3, 0.4) is 0 Å². The summed E-state index contributed by atoms with van der Waals surface area (Å²) in [5.74, 6) is 0.121. The minimum Gasteiger partial charge on any atom is -0.367 e. The number of aryl methyl sites for hydroxylation is 1. The molecule has 0 amide bonds. The molecular formula is C15H24N2O2. The van der Waals surface area contributed by atoms with Crippen molar-refractivity contribution in [1.29, 1.82) is 0 Å². The Labute approximate surface area is 115 Å². The molecule has 4 nitrogen and oxygen atoms in total. The highest BCUT2D eigenvalue weighted by Gasteiger charge is 2.40. The highest BCUT2D eigenvalue weighted by Crippen LogP contribution is 2.33. The molecule has 0 atom stereocenters. The van der Waals surface area contributed by atoms with Crippen molar-refractivity contribution in [3.63, 3.8) is 0 Å². The maximum Gasteiger partial charge on any atom is 0.197 e. The van der Waals surface area contributed by atoms with Crippen LogP contribution in [0.15, 0.2) is 12.4 Å². The molecule has 19 heavy (non-hydrogen) atoms. The summed E-state index contributed by atoms with van der Waals surface area (Å²) >= 11 is 0. The third-order valence-electron chi connectivity index (χ3n) is 3.97. The topological polar surface area (TPSA) is 44.1 Å². The molecule has 1 aliphatic carbocycles. The zero-order valence-corrected chi connectivity index (χ0v) is 12.0. The third kappa shape index (κ3) is 3.06. The van der Waals surface area contributed by atoms with Gasteiger partial charge in [-0.15, -0.1) is 0 Å². The molecule has 1 fully saturated rings. The smallest absolute Gasteiger partial charge is 0.197 e. The molecule has 0 saturated heterocycles. The van der Waals surface area contributed by atoms with E-state index < -0.39 is 5.60 Å². The zero-order chi connectivity index (χ0) is 13.7. The lowest BCUT2D eigenvalue weighted by molar-refractivity contribution is -0.0292. The van der Waals surface area contributed by atoms with Gasteiger partial charge in [-0.1, -0.05) is 25.7 Å². The first-order valence-electron chi connectivity index (χ1n) is 7.43. The van der Waals surface area contributed by atoms with E-state index in [0.29, 0.717) is 12.2 Å². The molecule has 0 radical (unpaired) electrons. The largest absolute Gasteiger partial charge is 0.367 e. The minimum absolute atomic E-state index is 0.121. The van der Waals surface area contributed by atoms with E-state index in [4.69, 9.17) is 4.74 Å². The molecule has 1 aromatic rings. The molecule has 1 aromatic heterocycles. The van der Waals surface area contributed by atoms with Gasteiger partial charge in [0, 0.05) is 19.3 Å². The van der Waals surface area contributed by atoms with Crippen molar-refractivity contribution < 1.29 is 9.53 Å². The van der Waals surface area contributed by atoms with Crippen molar-refractivity contribution >= 4 is 5.78 Å². The van der Waals surface area contributed by atoms with Gasteiger partial charge in [-0.25, -0.2) is 0 Å². The van der Waals surface area contributed by atoms with Crippen molar-refractivity contribution in [3.05, 3.63) is 18.0 Å². The predicted octanol–water partition coefficient (Wildman–Crippen LogP) is 3.22. The number of aromatic nitrogens is 2. The normalized spacial score (nSPS) is 19.1. The van der Waals surface area contributed by atoms with Crippen LogP contribution in [0.2, 0.25) is 0 Å². The molecule has 106 valence electrons. The van der Waals surface area contributed by atoms with E-state index in [1.807, 2.05) is 20.0 Å². The monoisotopic (exact) mass is 264 g/mol. The maximum absolute atomic E-state index is 12.8. The van der Waals surface area contributed by atoms with Gasteiger partial charge >= 0.3 is 0 Å². The highest BCUT2D eigenvalue weighted by molar-refractivity contribution is 6.02. The van der Waals surface area contributed by atoms with Gasteiger partial charge in [0.2, 0.25) is 0 Å². The number of ether oxygens (including phenoxy) is 1. The molecule has 4 heteroatoms. The Morgan fingerprint density at radius 1 is 1.32 bits per heavy atom. The van der Waals surface area contributed by atoms with Crippen molar-refractivity contribution in [3.8, 4) is 0 Å². The number of nitrogens with zero attached hydrogens (tertiary/aromatic N) is 2. The molecule has 1 heterocycles. The quantitative estimate of drug-likeness (QED) is 0.606. The first-order chi connectivity index (χ1) is 9.22. The van der Waals surface area contributed by atoms with Crippen molar-refractivity contribution in [2.45, 2.75) is 64.5 Å². The molecule has 0 N–H and O–H groups in total. The van der Waals surface area contributed by atoms with Crippen LogP contribution in [0.25, 0.3) is 0 Å². The van der Waals surface area contributed by atoms with Crippen LogP contribution in [-0.2, 0) is 11.3 Å². The Hall–Kier alpha value is -1.16. The third-order valence-corrected chi connectivity index (χ3v) is 3.97. The molecule has 0 bridgehead atoms. The lowest BCUT2D eigenvalue weighted by Crippen LogP contribution is -2.41. The Morgan fingerprint density at radius 2 is 2.00 bits per heavy atom. The number of carbonyl (C=O) groups excluding carboxylic acids is 1. The van der Waals surface area contributed by atoms with E-state index in [1.54, 1.807) is 10.9 Å². The van der Waals surface area contributed by atoms with Gasteiger partial charge in [-0.3, -0.25) is 9.48 Å². The van der Waals surface area contributed by atoms with Gasteiger partial charge < -0.3 is 4.74 Å².